The van der Waals surface area contributed by atoms with Crippen LogP contribution in [0.3, 0.4) is 0 Å². The van der Waals surface area contributed by atoms with Crippen LogP contribution in [0.4, 0.5) is 0 Å². The summed E-state index contributed by atoms with van der Waals surface area (Å²) in [4.78, 5) is 24.2. The first kappa shape index (κ1) is 25.0. The molecular formula is C30H48O3. The molecule has 0 saturated heterocycles. The molecule has 0 aliphatic heterocycles. The van der Waals surface area contributed by atoms with Crippen LogP contribution < -0.4 is 0 Å². The Balaban J connectivity index is 1.82. The van der Waals surface area contributed by atoms with Crippen LogP contribution in [0.5, 0.6) is 0 Å². The second kappa shape index (κ2) is 7.69. The van der Waals surface area contributed by atoms with E-state index in [9.17, 15) is 14.7 Å². The van der Waals surface area contributed by atoms with Crippen molar-refractivity contribution in [3.8, 4) is 0 Å². The third-order valence-electron chi connectivity index (χ3n) is 12.2. The number of carboxylic acid groups (broad SMARTS) is 1. The predicted octanol–water partition coefficient (Wildman–Crippen LogP) is 7.69. The van der Waals surface area contributed by atoms with E-state index in [-0.39, 0.29) is 23.2 Å². The number of hydrogen-bond acceptors (Lipinski definition) is 2. The van der Waals surface area contributed by atoms with Gasteiger partial charge in [0.15, 0.2) is 0 Å². The highest BCUT2D eigenvalue weighted by atomic mass is 16.4. The molecule has 0 heterocycles. The normalized spacial score (nSPS) is 45.4. The molecule has 0 radical (unpaired) electrons. The molecule has 0 spiro atoms. The molecular weight excluding hydrogens is 408 g/mol. The Morgan fingerprint density at radius 3 is 2.27 bits per heavy atom. The number of carbonyl (C=O) groups excluding carboxylic acids is 1. The molecule has 3 nitrogen and oxygen atoms in total. The van der Waals surface area contributed by atoms with E-state index in [0.717, 1.165) is 49.7 Å². The molecule has 3 heteroatoms. The van der Waals surface area contributed by atoms with Crippen molar-refractivity contribution in [3.63, 3.8) is 0 Å². The van der Waals surface area contributed by atoms with Crippen molar-refractivity contribution >= 4 is 12.3 Å². The monoisotopic (exact) mass is 456 g/mol. The van der Waals surface area contributed by atoms with Gasteiger partial charge in [0.2, 0.25) is 0 Å². The van der Waals surface area contributed by atoms with E-state index in [1.54, 1.807) is 5.57 Å². The van der Waals surface area contributed by atoms with E-state index >= 15 is 0 Å². The number of fused-ring (bicyclic) bond motifs is 4. The molecule has 2 saturated carbocycles. The average molecular weight is 457 g/mol. The van der Waals surface area contributed by atoms with Crippen LogP contribution in [-0.2, 0) is 9.59 Å². The van der Waals surface area contributed by atoms with E-state index in [1.165, 1.54) is 31.3 Å². The van der Waals surface area contributed by atoms with Gasteiger partial charge in [0, 0.05) is 10.8 Å². The minimum absolute atomic E-state index is 0.0796. The maximum atomic E-state index is 12.1. The molecule has 4 rings (SSSR count). The van der Waals surface area contributed by atoms with Gasteiger partial charge < -0.3 is 9.90 Å². The fourth-order valence-corrected chi connectivity index (χ4v) is 10.5. The summed E-state index contributed by atoms with van der Waals surface area (Å²) < 4.78 is 0. The van der Waals surface area contributed by atoms with Gasteiger partial charge in [-0.15, -0.1) is 0 Å². The Morgan fingerprint density at radius 2 is 1.70 bits per heavy atom. The molecule has 0 aromatic carbocycles. The van der Waals surface area contributed by atoms with Gasteiger partial charge >= 0.3 is 5.97 Å². The number of carboxylic acids is 1. The van der Waals surface area contributed by atoms with Crippen LogP contribution in [0.25, 0.3) is 0 Å². The first-order chi connectivity index (χ1) is 15.2. The van der Waals surface area contributed by atoms with Crippen molar-refractivity contribution in [3.05, 3.63) is 11.1 Å². The Labute approximate surface area is 202 Å². The molecule has 0 amide bonds. The summed E-state index contributed by atoms with van der Waals surface area (Å²) in [5.41, 5.74) is 2.91. The highest BCUT2D eigenvalue weighted by molar-refractivity contribution is 5.69. The summed E-state index contributed by atoms with van der Waals surface area (Å²) in [7, 11) is 0. The Morgan fingerprint density at radius 1 is 1.03 bits per heavy atom. The fraction of sp³-hybridized carbons (Fsp3) is 0.867. The lowest BCUT2D eigenvalue weighted by Gasteiger charge is -2.66. The van der Waals surface area contributed by atoms with E-state index in [1.807, 2.05) is 13.8 Å². The van der Waals surface area contributed by atoms with Gasteiger partial charge in [-0.25, -0.2) is 0 Å². The van der Waals surface area contributed by atoms with Gasteiger partial charge in [-0.3, -0.25) is 4.79 Å². The van der Waals surface area contributed by atoms with E-state index in [4.69, 9.17) is 0 Å². The number of rotatable bonds is 5. The van der Waals surface area contributed by atoms with Crippen molar-refractivity contribution in [1.29, 1.82) is 0 Å². The zero-order valence-corrected chi connectivity index (χ0v) is 22.5. The second-order valence-corrected chi connectivity index (χ2v) is 14.2. The summed E-state index contributed by atoms with van der Waals surface area (Å²) >= 11 is 0. The first-order valence-electron chi connectivity index (χ1n) is 13.6. The highest BCUT2D eigenvalue weighted by Crippen LogP contribution is 2.75. The summed E-state index contributed by atoms with van der Waals surface area (Å²) in [6, 6.07) is 0. The summed E-state index contributed by atoms with van der Waals surface area (Å²) in [6.07, 6.45) is 10.6. The van der Waals surface area contributed by atoms with Crippen molar-refractivity contribution in [2.24, 2.45) is 50.7 Å². The minimum Gasteiger partial charge on any atom is -0.481 e. The average Bonchev–Trinajstić information content (AvgIpc) is 3.07. The van der Waals surface area contributed by atoms with E-state index in [2.05, 4.69) is 41.5 Å². The number of aliphatic carboxylic acids is 1. The quantitative estimate of drug-likeness (QED) is 0.341. The standard InChI is InChI=1S/C30H48O3/c1-19(2)20-9-12-24-27(20,5)15-16-29(7)22-10-11-23(26(3,4)18-31)28(6,17-25(32)33)21(22)13-14-30(24,29)8/h18-20,23-24H,9-17H2,1-8H3,(H,32,33)/t20?,23?,24?,27-,28-,29-,30+/m1/s1. The van der Waals surface area contributed by atoms with Crippen molar-refractivity contribution in [2.75, 3.05) is 0 Å². The van der Waals surface area contributed by atoms with Crippen LogP contribution in [0.1, 0.15) is 113 Å². The van der Waals surface area contributed by atoms with Gasteiger partial charge in [0.05, 0.1) is 6.42 Å². The van der Waals surface area contributed by atoms with E-state index in [0.29, 0.717) is 5.41 Å². The van der Waals surface area contributed by atoms with Gasteiger partial charge in [-0.2, -0.15) is 0 Å². The lowest BCUT2D eigenvalue weighted by Crippen LogP contribution is -2.58. The van der Waals surface area contributed by atoms with Gasteiger partial charge in [0.1, 0.15) is 6.29 Å². The van der Waals surface area contributed by atoms with Crippen LogP contribution in [0, 0.1) is 50.7 Å². The zero-order chi connectivity index (χ0) is 24.6. The molecule has 1 N–H and O–H groups in total. The van der Waals surface area contributed by atoms with Crippen LogP contribution in [0.15, 0.2) is 11.1 Å². The molecule has 0 aromatic rings. The molecule has 0 bridgehead atoms. The second-order valence-electron chi connectivity index (χ2n) is 14.2. The van der Waals surface area contributed by atoms with Crippen molar-refractivity contribution in [1.82, 2.24) is 0 Å². The van der Waals surface area contributed by atoms with Gasteiger partial charge in [-0.1, -0.05) is 66.5 Å². The number of carbonyl (C=O) groups is 2. The van der Waals surface area contributed by atoms with Crippen molar-refractivity contribution in [2.45, 2.75) is 113 Å². The molecule has 7 atom stereocenters. The van der Waals surface area contributed by atoms with Gasteiger partial charge in [-0.05, 0) is 91.3 Å². The summed E-state index contributed by atoms with van der Waals surface area (Å²) in [5, 5.41) is 9.95. The predicted molar refractivity (Wildman–Crippen MR) is 134 cm³/mol. The Bertz CT molecular complexity index is 868. The van der Waals surface area contributed by atoms with Crippen LogP contribution >= 0.6 is 0 Å². The lowest BCUT2D eigenvalue weighted by atomic mass is 9.38. The molecule has 0 aromatic heterocycles. The number of aldehydes is 1. The summed E-state index contributed by atoms with van der Waals surface area (Å²) in [5.74, 6) is 1.66. The number of allylic oxidation sites excluding steroid dienone is 2. The van der Waals surface area contributed by atoms with Crippen LogP contribution in [0.2, 0.25) is 0 Å². The largest absolute Gasteiger partial charge is 0.481 e. The van der Waals surface area contributed by atoms with Gasteiger partial charge in [0.25, 0.3) is 0 Å². The summed E-state index contributed by atoms with van der Waals surface area (Å²) in [6.45, 7) is 18.8. The third kappa shape index (κ3) is 3.26. The minimum atomic E-state index is -0.733. The Hall–Kier alpha value is -1.12. The SMILES string of the molecule is CC(C)C1CCC2[C@]1(C)CC[C@]1(C)C3=C(CC[C@@]21C)[C@@](C)(CC(=O)O)C(C(C)(C)C=O)CC3. The third-order valence-corrected chi connectivity index (χ3v) is 12.2. The molecule has 186 valence electrons. The van der Waals surface area contributed by atoms with E-state index < -0.39 is 16.8 Å². The van der Waals surface area contributed by atoms with Crippen LogP contribution in [-0.4, -0.2) is 17.4 Å². The maximum Gasteiger partial charge on any atom is 0.304 e. The highest BCUT2D eigenvalue weighted by Gasteiger charge is 2.66. The zero-order valence-electron chi connectivity index (χ0n) is 22.5. The number of hydrogen-bond donors (Lipinski definition) is 1. The first-order valence-corrected chi connectivity index (χ1v) is 13.6. The fourth-order valence-electron chi connectivity index (χ4n) is 10.5. The lowest BCUT2D eigenvalue weighted by molar-refractivity contribution is -0.143. The Kier molecular flexibility index (Phi) is 5.82. The molecule has 4 aliphatic rings. The van der Waals surface area contributed by atoms with Crippen molar-refractivity contribution < 1.29 is 14.7 Å². The molecule has 3 unspecified atom stereocenters. The molecule has 33 heavy (non-hydrogen) atoms. The smallest absolute Gasteiger partial charge is 0.304 e. The molecule has 2 fully saturated rings. The maximum absolute atomic E-state index is 12.1. The molecule has 4 aliphatic carbocycles. The topological polar surface area (TPSA) is 54.4 Å².